The van der Waals surface area contributed by atoms with Crippen molar-refractivity contribution in [1.82, 2.24) is 19.5 Å². The van der Waals surface area contributed by atoms with E-state index >= 15 is 0 Å². The first-order valence-corrected chi connectivity index (χ1v) is 10.9. The van der Waals surface area contributed by atoms with E-state index in [9.17, 15) is 18.0 Å². The van der Waals surface area contributed by atoms with Gasteiger partial charge in [-0.3, -0.25) is 9.78 Å². The third kappa shape index (κ3) is 4.13. The number of nitrogen functional groups attached to an aromatic ring is 1. The molecule has 0 bridgehead atoms. The van der Waals surface area contributed by atoms with Crippen molar-refractivity contribution in [2.45, 2.75) is 31.9 Å². The predicted octanol–water partition coefficient (Wildman–Crippen LogP) is 4.10. The van der Waals surface area contributed by atoms with E-state index in [0.29, 0.717) is 17.3 Å². The Balaban J connectivity index is 1.44. The highest BCUT2D eigenvalue weighted by molar-refractivity contribution is 5.94. The SMILES string of the molecule is COc1cc(-n2c3c(c4ncnc(N)c42)CCC3)ccc1NC(=O)Cc1ccnc(C(F)(F)F)c1. The van der Waals surface area contributed by atoms with Crippen LogP contribution < -0.4 is 15.8 Å². The summed E-state index contributed by atoms with van der Waals surface area (Å²) in [7, 11) is 1.48. The summed E-state index contributed by atoms with van der Waals surface area (Å²) >= 11 is 0. The number of amides is 1. The molecule has 180 valence electrons. The van der Waals surface area contributed by atoms with Crippen molar-refractivity contribution in [3.8, 4) is 11.4 Å². The van der Waals surface area contributed by atoms with Gasteiger partial charge in [-0.15, -0.1) is 0 Å². The molecule has 35 heavy (non-hydrogen) atoms. The minimum atomic E-state index is -4.58. The molecule has 4 aromatic rings. The molecule has 11 heteroatoms. The van der Waals surface area contributed by atoms with Crippen molar-refractivity contribution < 1.29 is 22.7 Å². The maximum absolute atomic E-state index is 12.9. The van der Waals surface area contributed by atoms with Gasteiger partial charge in [0.1, 0.15) is 23.3 Å². The van der Waals surface area contributed by atoms with E-state index in [1.807, 2.05) is 10.6 Å². The lowest BCUT2D eigenvalue weighted by molar-refractivity contribution is -0.141. The molecule has 1 aliphatic rings. The van der Waals surface area contributed by atoms with Crippen LogP contribution in [-0.4, -0.2) is 32.5 Å². The summed E-state index contributed by atoms with van der Waals surface area (Å²) in [5.41, 5.74) is 10.4. The van der Waals surface area contributed by atoms with Gasteiger partial charge in [-0.2, -0.15) is 13.2 Å². The molecule has 1 aliphatic carbocycles. The highest BCUT2D eigenvalue weighted by Gasteiger charge is 2.32. The summed E-state index contributed by atoms with van der Waals surface area (Å²) in [5, 5.41) is 2.72. The summed E-state index contributed by atoms with van der Waals surface area (Å²) in [4.78, 5) is 24.5. The number of alkyl halides is 3. The van der Waals surface area contributed by atoms with E-state index in [1.54, 1.807) is 12.1 Å². The fourth-order valence-electron chi connectivity index (χ4n) is 4.52. The minimum Gasteiger partial charge on any atom is -0.494 e. The fraction of sp³-hybridized carbons (Fsp3) is 0.250. The maximum Gasteiger partial charge on any atom is 0.433 e. The van der Waals surface area contributed by atoms with Crippen molar-refractivity contribution in [1.29, 1.82) is 0 Å². The van der Waals surface area contributed by atoms with Gasteiger partial charge < -0.3 is 20.4 Å². The first kappa shape index (κ1) is 22.6. The van der Waals surface area contributed by atoms with Crippen molar-refractivity contribution in [3.63, 3.8) is 0 Å². The van der Waals surface area contributed by atoms with Crippen molar-refractivity contribution >= 4 is 28.4 Å². The summed E-state index contributed by atoms with van der Waals surface area (Å²) in [6.07, 6.45) is 0.462. The smallest absolute Gasteiger partial charge is 0.433 e. The number of hydrogen-bond acceptors (Lipinski definition) is 6. The topological polar surface area (TPSA) is 108 Å². The molecular formula is C24H21F3N6O2. The number of benzene rings is 1. The Kier molecular flexibility index (Phi) is 5.54. The molecule has 0 saturated carbocycles. The van der Waals surface area contributed by atoms with E-state index in [2.05, 4.69) is 20.3 Å². The molecule has 0 aliphatic heterocycles. The molecule has 3 N–H and O–H groups in total. The molecule has 5 rings (SSSR count). The highest BCUT2D eigenvalue weighted by atomic mass is 19.4. The van der Waals surface area contributed by atoms with Crippen LogP contribution in [0.2, 0.25) is 0 Å². The fourth-order valence-corrected chi connectivity index (χ4v) is 4.52. The number of hydrogen-bond donors (Lipinski definition) is 2. The Morgan fingerprint density at radius 1 is 1.17 bits per heavy atom. The van der Waals surface area contributed by atoms with Gasteiger partial charge in [-0.1, -0.05) is 0 Å². The summed E-state index contributed by atoms with van der Waals surface area (Å²) in [6.45, 7) is 0. The van der Waals surface area contributed by atoms with Crippen LogP contribution in [0.5, 0.6) is 5.75 Å². The van der Waals surface area contributed by atoms with E-state index in [0.717, 1.165) is 59.5 Å². The quantitative estimate of drug-likeness (QED) is 0.444. The zero-order chi connectivity index (χ0) is 24.7. The second-order valence-corrected chi connectivity index (χ2v) is 8.23. The van der Waals surface area contributed by atoms with Crippen LogP contribution in [0.25, 0.3) is 16.7 Å². The lowest BCUT2D eigenvalue weighted by Crippen LogP contribution is -2.16. The van der Waals surface area contributed by atoms with Gasteiger partial charge in [0.05, 0.1) is 24.7 Å². The number of anilines is 2. The number of fused-ring (bicyclic) bond motifs is 3. The number of halogens is 3. The van der Waals surface area contributed by atoms with Gasteiger partial charge >= 0.3 is 6.18 Å². The van der Waals surface area contributed by atoms with Crippen molar-refractivity contribution in [3.05, 3.63) is 65.4 Å². The Morgan fingerprint density at radius 3 is 2.77 bits per heavy atom. The van der Waals surface area contributed by atoms with Gasteiger partial charge in [-0.25, -0.2) is 9.97 Å². The van der Waals surface area contributed by atoms with E-state index in [-0.39, 0.29) is 12.0 Å². The molecule has 0 spiro atoms. The largest absolute Gasteiger partial charge is 0.494 e. The Labute approximate surface area is 198 Å². The minimum absolute atomic E-state index is 0.199. The third-order valence-corrected chi connectivity index (χ3v) is 6.02. The lowest BCUT2D eigenvalue weighted by atomic mass is 10.1. The molecule has 1 amide bonds. The lowest BCUT2D eigenvalue weighted by Gasteiger charge is -2.15. The zero-order valence-corrected chi connectivity index (χ0v) is 18.7. The monoisotopic (exact) mass is 482 g/mol. The number of pyridine rings is 1. The average Bonchev–Trinajstić information content (AvgIpc) is 3.41. The second-order valence-electron chi connectivity index (χ2n) is 8.23. The van der Waals surface area contributed by atoms with Crippen LogP contribution in [-0.2, 0) is 30.2 Å². The second kappa shape index (κ2) is 8.57. The molecule has 3 heterocycles. The number of nitrogens with two attached hydrogens (primary N) is 1. The summed E-state index contributed by atoms with van der Waals surface area (Å²) in [6, 6.07) is 7.52. The first-order chi connectivity index (χ1) is 16.8. The van der Waals surface area contributed by atoms with Gasteiger partial charge in [0.25, 0.3) is 0 Å². The van der Waals surface area contributed by atoms with Crippen LogP contribution in [0.15, 0.2) is 42.9 Å². The molecule has 1 aromatic carbocycles. The molecule has 0 fully saturated rings. The van der Waals surface area contributed by atoms with Crippen LogP contribution >= 0.6 is 0 Å². The molecule has 0 saturated heterocycles. The van der Waals surface area contributed by atoms with Crippen LogP contribution in [0.3, 0.4) is 0 Å². The van der Waals surface area contributed by atoms with E-state index in [4.69, 9.17) is 10.5 Å². The van der Waals surface area contributed by atoms with Gasteiger partial charge in [0.15, 0.2) is 5.82 Å². The predicted molar refractivity (Wildman–Crippen MR) is 123 cm³/mol. The highest BCUT2D eigenvalue weighted by Crippen LogP contribution is 2.38. The zero-order valence-electron chi connectivity index (χ0n) is 18.7. The Bertz CT molecular complexity index is 1450. The number of rotatable bonds is 5. The number of nitrogens with zero attached hydrogens (tertiary/aromatic N) is 4. The molecule has 0 unspecified atom stereocenters. The normalized spacial score (nSPS) is 13.1. The van der Waals surface area contributed by atoms with Crippen LogP contribution in [0, 0.1) is 0 Å². The Morgan fingerprint density at radius 2 is 2.00 bits per heavy atom. The molecule has 3 aromatic heterocycles. The standard InChI is InChI=1S/C24H21F3N6O2/c1-35-18-11-14(33-17-4-2-3-15(17)21-22(33)23(28)31-12-30-21)5-6-16(18)32-20(34)10-13-7-8-29-19(9-13)24(25,26)27/h5-9,11-12H,2-4,10H2,1H3,(H,32,34)(H2,28,30,31). The number of aryl methyl sites for hydroxylation is 1. The van der Waals surface area contributed by atoms with Crippen LogP contribution in [0.4, 0.5) is 24.7 Å². The van der Waals surface area contributed by atoms with Crippen LogP contribution in [0.1, 0.15) is 28.9 Å². The first-order valence-electron chi connectivity index (χ1n) is 10.9. The maximum atomic E-state index is 12.9. The number of nitrogens with one attached hydrogen (secondary N) is 1. The number of ether oxygens (including phenoxy) is 1. The number of aromatic nitrogens is 4. The molecule has 8 nitrogen and oxygen atoms in total. The number of carbonyl (C=O) groups excluding carboxylic acids is 1. The molecule has 0 radical (unpaired) electrons. The van der Waals surface area contributed by atoms with Crippen molar-refractivity contribution in [2.24, 2.45) is 0 Å². The Hall–Kier alpha value is -4.15. The van der Waals surface area contributed by atoms with Gasteiger partial charge in [0.2, 0.25) is 5.91 Å². The number of carbonyl (C=O) groups is 1. The van der Waals surface area contributed by atoms with E-state index in [1.165, 1.54) is 19.5 Å². The molecule has 0 atom stereocenters. The van der Waals surface area contributed by atoms with Gasteiger partial charge in [-0.05, 0) is 54.7 Å². The summed E-state index contributed by atoms with van der Waals surface area (Å²) in [5.74, 6) is 0.280. The van der Waals surface area contributed by atoms with E-state index < -0.39 is 17.8 Å². The van der Waals surface area contributed by atoms with Gasteiger partial charge in [0, 0.05) is 23.6 Å². The third-order valence-electron chi connectivity index (χ3n) is 6.02. The summed E-state index contributed by atoms with van der Waals surface area (Å²) < 4.78 is 46.3. The average molecular weight is 482 g/mol. The molecular weight excluding hydrogens is 461 g/mol. The van der Waals surface area contributed by atoms with Crippen molar-refractivity contribution in [2.75, 3.05) is 18.2 Å². The number of methoxy groups -OCH3 is 1.